The third-order valence-corrected chi connectivity index (χ3v) is 5.99. The molecule has 0 radical (unpaired) electrons. The first-order valence-corrected chi connectivity index (χ1v) is 12.8. The number of benzene rings is 2. The van der Waals surface area contributed by atoms with E-state index in [1.807, 2.05) is 43.5 Å². The summed E-state index contributed by atoms with van der Waals surface area (Å²) in [4.78, 5) is 28.0. The Bertz CT molecular complexity index is 1370. The molecule has 3 aromatic rings. The lowest BCUT2D eigenvalue weighted by molar-refractivity contribution is -0.192. The zero-order chi connectivity index (χ0) is 31.8. The minimum absolute atomic E-state index is 0.0206. The molecule has 0 aliphatic carbocycles. The number of aliphatic carboxylic acids is 1. The van der Waals surface area contributed by atoms with Gasteiger partial charge < -0.3 is 31.1 Å². The Balaban J connectivity index is 0.000000782. The van der Waals surface area contributed by atoms with E-state index in [9.17, 15) is 31.9 Å². The smallest absolute Gasteiger partial charge is 0.475 e. The standard InChI is InChI=1S/C26H33F2N5O2.C2HF3O2/c1-26(2,3)24(33(11-5-10-29)23(35)16-34)25-31-22(20-13-18(27)8-9-21(20)28)15-32(25)14-17-6-4-7-19(30)12-17;3-2(4,5)1(6)7/h4,6-9,12-13,15,24,34H,5,10-11,14,16,29-30H2,1-3H3;(H,6,7)/t24-;/m0./s1. The third-order valence-electron chi connectivity index (χ3n) is 5.99. The molecule has 42 heavy (non-hydrogen) atoms. The number of carboxylic acid groups (broad SMARTS) is 1. The molecule has 1 amide bonds. The maximum absolute atomic E-state index is 14.7. The van der Waals surface area contributed by atoms with Gasteiger partial charge in [0.25, 0.3) is 0 Å². The summed E-state index contributed by atoms with van der Waals surface area (Å²) in [5.41, 5.74) is 12.9. The summed E-state index contributed by atoms with van der Waals surface area (Å²) in [6, 6.07) is 9.96. The maximum atomic E-state index is 14.7. The van der Waals surface area contributed by atoms with E-state index < -0.39 is 47.8 Å². The van der Waals surface area contributed by atoms with Crippen molar-refractivity contribution in [2.24, 2.45) is 11.1 Å². The van der Waals surface area contributed by atoms with E-state index in [4.69, 9.17) is 26.4 Å². The van der Waals surface area contributed by atoms with E-state index in [1.54, 1.807) is 17.2 Å². The SMILES string of the molecule is CC(C)(C)[C@H](c1nc(-c2cc(F)ccc2F)cn1Cc1cccc(N)c1)N(CCCN)C(=O)CO.O=C(O)C(F)(F)F. The summed E-state index contributed by atoms with van der Waals surface area (Å²) in [5.74, 6) is -3.92. The molecule has 0 saturated carbocycles. The van der Waals surface area contributed by atoms with Crippen molar-refractivity contribution in [2.75, 3.05) is 25.4 Å². The first-order valence-electron chi connectivity index (χ1n) is 12.8. The molecule has 1 aromatic heterocycles. The highest BCUT2D eigenvalue weighted by molar-refractivity contribution is 5.77. The fraction of sp³-hybridized carbons (Fsp3) is 0.393. The number of imidazole rings is 1. The molecule has 9 nitrogen and oxygen atoms in total. The molecule has 14 heteroatoms. The van der Waals surface area contributed by atoms with E-state index in [1.165, 1.54) is 0 Å². The van der Waals surface area contributed by atoms with Crippen LogP contribution >= 0.6 is 0 Å². The summed E-state index contributed by atoms with van der Waals surface area (Å²) in [6.07, 6.45) is -2.90. The quantitative estimate of drug-likeness (QED) is 0.211. The fourth-order valence-electron chi connectivity index (χ4n) is 4.23. The average Bonchev–Trinajstić information content (AvgIpc) is 3.28. The molecule has 1 atom stereocenters. The van der Waals surface area contributed by atoms with Gasteiger partial charge in [-0.25, -0.2) is 18.6 Å². The maximum Gasteiger partial charge on any atom is 0.490 e. The molecule has 0 spiro atoms. The van der Waals surface area contributed by atoms with Crippen LogP contribution in [0.5, 0.6) is 0 Å². The van der Waals surface area contributed by atoms with Crippen molar-refractivity contribution >= 4 is 17.6 Å². The van der Waals surface area contributed by atoms with Crippen molar-refractivity contribution in [1.29, 1.82) is 0 Å². The zero-order valence-corrected chi connectivity index (χ0v) is 23.3. The van der Waals surface area contributed by atoms with E-state index in [2.05, 4.69) is 0 Å². The highest BCUT2D eigenvalue weighted by atomic mass is 19.4. The number of hydrogen-bond donors (Lipinski definition) is 4. The van der Waals surface area contributed by atoms with Gasteiger partial charge in [0.15, 0.2) is 0 Å². The van der Waals surface area contributed by atoms with Gasteiger partial charge in [0.1, 0.15) is 24.1 Å². The van der Waals surface area contributed by atoms with Crippen LogP contribution in [0.25, 0.3) is 11.3 Å². The molecule has 0 unspecified atom stereocenters. The molecule has 6 N–H and O–H groups in total. The molecule has 230 valence electrons. The molecule has 1 heterocycles. The minimum Gasteiger partial charge on any atom is -0.475 e. The van der Waals surface area contributed by atoms with Gasteiger partial charge in [0.05, 0.1) is 11.7 Å². The summed E-state index contributed by atoms with van der Waals surface area (Å²) in [5, 5.41) is 16.8. The largest absolute Gasteiger partial charge is 0.490 e. The van der Waals surface area contributed by atoms with Gasteiger partial charge in [-0.3, -0.25) is 4.79 Å². The summed E-state index contributed by atoms with van der Waals surface area (Å²) in [7, 11) is 0. The monoisotopic (exact) mass is 599 g/mol. The summed E-state index contributed by atoms with van der Waals surface area (Å²) < 4.78 is 62.2. The third kappa shape index (κ3) is 9.24. The van der Waals surface area contributed by atoms with Crippen molar-refractivity contribution in [3.05, 3.63) is 71.7 Å². The van der Waals surface area contributed by atoms with Crippen LogP contribution in [-0.4, -0.2) is 62.4 Å². The topological polar surface area (TPSA) is 148 Å². The number of aliphatic hydroxyl groups is 1. The lowest BCUT2D eigenvalue weighted by atomic mass is 9.84. The number of amides is 1. The second-order valence-electron chi connectivity index (χ2n) is 10.4. The summed E-state index contributed by atoms with van der Waals surface area (Å²) >= 11 is 0. The number of carbonyl (C=O) groups is 2. The Labute approximate surface area is 239 Å². The van der Waals surface area contributed by atoms with E-state index in [0.29, 0.717) is 37.6 Å². The number of anilines is 1. The van der Waals surface area contributed by atoms with Crippen LogP contribution in [0.4, 0.5) is 27.6 Å². The highest BCUT2D eigenvalue weighted by Crippen LogP contribution is 2.39. The summed E-state index contributed by atoms with van der Waals surface area (Å²) in [6.45, 7) is 6.22. The van der Waals surface area contributed by atoms with Crippen LogP contribution in [-0.2, 0) is 16.1 Å². The van der Waals surface area contributed by atoms with Crippen molar-refractivity contribution in [3.8, 4) is 11.3 Å². The van der Waals surface area contributed by atoms with E-state index in [-0.39, 0.29) is 11.3 Å². The molecule has 0 fully saturated rings. The van der Waals surface area contributed by atoms with Gasteiger partial charge >= 0.3 is 12.1 Å². The number of halogens is 5. The molecular weight excluding hydrogens is 565 g/mol. The Morgan fingerprint density at radius 1 is 1.10 bits per heavy atom. The number of carboxylic acids is 1. The van der Waals surface area contributed by atoms with Gasteiger partial charge in [0, 0.05) is 30.5 Å². The van der Waals surface area contributed by atoms with Crippen LogP contribution in [0.3, 0.4) is 0 Å². The number of alkyl halides is 3. The van der Waals surface area contributed by atoms with Crippen molar-refractivity contribution in [1.82, 2.24) is 14.5 Å². The number of hydrogen-bond acceptors (Lipinski definition) is 6. The van der Waals surface area contributed by atoms with Crippen LogP contribution in [0.1, 0.15) is 44.6 Å². The zero-order valence-electron chi connectivity index (χ0n) is 23.3. The first-order chi connectivity index (χ1) is 19.5. The molecular formula is C28H34F5N5O4. The molecule has 0 saturated heterocycles. The van der Waals surface area contributed by atoms with Crippen molar-refractivity contribution < 1.29 is 41.8 Å². The Morgan fingerprint density at radius 3 is 2.26 bits per heavy atom. The number of nitrogens with zero attached hydrogens (tertiary/aromatic N) is 3. The minimum atomic E-state index is -5.08. The first kappa shape index (κ1) is 34.2. The number of aromatic nitrogens is 2. The Morgan fingerprint density at radius 2 is 1.74 bits per heavy atom. The van der Waals surface area contributed by atoms with Crippen molar-refractivity contribution in [2.45, 2.75) is 46.0 Å². The van der Waals surface area contributed by atoms with E-state index in [0.717, 1.165) is 23.8 Å². The molecule has 0 bridgehead atoms. The van der Waals surface area contributed by atoms with Crippen molar-refractivity contribution in [3.63, 3.8) is 0 Å². The number of rotatable bonds is 9. The van der Waals surface area contributed by atoms with Crippen LogP contribution < -0.4 is 11.5 Å². The lowest BCUT2D eigenvalue weighted by Gasteiger charge is -2.40. The molecule has 0 aliphatic rings. The van der Waals surface area contributed by atoms with Crippen LogP contribution in [0.2, 0.25) is 0 Å². The Hall–Kier alpha value is -4.04. The van der Waals surface area contributed by atoms with Gasteiger partial charge in [0.2, 0.25) is 5.91 Å². The second kappa shape index (κ2) is 14.2. The Kier molecular flexibility index (Phi) is 11.6. The van der Waals surface area contributed by atoms with Gasteiger partial charge in [-0.05, 0) is 54.3 Å². The predicted molar refractivity (Wildman–Crippen MR) is 146 cm³/mol. The predicted octanol–water partition coefficient (Wildman–Crippen LogP) is 4.35. The van der Waals surface area contributed by atoms with Crippen LogP contribution in [0, 0.1) is 17.0 Å². The van der Waals surface area contributed by atoms with Gasteiger partial charge in [-0.15, -0.1) is 0 Å². The van der Waals surface area contributed by atoms with E-state index >= 15 is 0 Å². The lowest BCUT2D eigenvalue weighted by Crippen LogP contribution is -2.44. The van der Waals surface area contributed by atoms with Gasteiger partial charge in [-0.1, -0.05) is 32.9 Å². The van der Waals surface area contributed by atoms with Gasteiger partial charge in [-0.2, -0.15) is 13.2 Å². The normalized spacial score (nSPS) is 12.3. The molecule has 0 aliphatic heterocycles. The molecule has 3 rings (SSSR count). The second-order valence-corrected chi connectivity index (χ2v) is 10.4. The van der Waals surface area contributed by atoms with Crippen LogP contribution in [0.15, 0.2) is 48.7 Å². The average molecular weight is 600 g/mol. The number of carbonyl (C=O) groups excluding carboxylic acids is 1. The number of aliphatic hydroxyl groups excluding tert-OH is 1. The fourth-order valence-corrected chi connectivity index (χ4v) is 4.23. The number of nitrogens with two attached hydrogens (primary N) is 2. The highest BCUT2D eigenvalue weighted by Gasteiger charge is 2.39. The molecule has 2 aromatic carbocycles. The number of nitrogen functional groups attached to an aromatic ring is 1.